The molecule has 1 rings (SSSR count). The van der Waals surface area contributed by atoms with Crippen LogP contribution in [-0.4, -0.2) is 5.75 Å². The predicted octanol–water partition coefficient (Wildman–Crippen LogP) is 3.56. The van der Waals surface area contributed by atoms with Crippen LogP contribution >= 0.6 is 11.8 Å². The van der Waals surface area contributed by atoms with Crippen molar-refractivity contribution in [1.29, 1.82) is 0 Å². The summed E-state index contributed by atoms with van der Waals surface area (Å²) in [7, 11) is 0. The van der Waals surface area contributed by atoms with E-state index in [0.29, 0.717) is 12.5 Å². The van der Waals surface area contributed by atoms with E-state index in [0.717, 1.165) is 22.6 Å². The highest BCUT2D eigenvalue weighted by atomic mass is 32.2. The van der Waals surface area contributed by atoms with Crippen molar-refractivity contribution in [3.63, 3.8) is 0 Å². The maximum absolute atomic E-state index is 13.6. The highest BCUT2D eigenvalue weighted by Crippen LogP contribution is 2.19. The third-order valence-electron chi connectivity index (χ3n) is 2.71. The number of rotatable bonds is 6. The van der Waals surface area contributed by atoms with Gasteiger partial charge in [-0.25, -0.2) is 4.39 Å². The van der Waals surface area contributed by atoms with Gasteiger partial charge in [-0.05, 0) is 28.9 Å². The molecule has 1 aromatic carbocycles. The fourth-order valence-electron chi connectivity index (χ4n) is 1.32. The van der Waals surface area contributed by atoms with Gasteiger partial charge in [0.1, 0.15) is 5.82 Å². The second kappa shape index (κ2) is 6.92. The van der Waals surface area contributed by atoms with Crippen molar-refractivity contribution in [3.05, 3.63) is 35.1 Å². The topological polar surface area (TPSA) is 26.0 Å². The molecule has 0 radical (unpaired) electrons. The Morgan fingerprint density at radius 1 is 1.44 bits per heavy atom. The number of benzene rings is 1. The summed E-state index contributed by atoms with van der Waals surface area (Å²) in [5.74, 6) is 2.42. The van der Waals surface area contributed by atoms with E-state index < -0.39 is 0 Å². The molecule has 0 heterocycles. The van der Waals surface area contributed by atoms with E-state index in [1.165, 1.54) is 6.42 Å². The molecule has 1 nitrogen and oxygen atoms in total. The molecule has 90 valence electrons. The largest absolute Gasteiger partial charge is 0.326 e. The van der Waals surface area contributed by atoms with E-state index in [1.807, 2.05) is 12.1 Å². The minimum absolute atomic E-state index is 0.125. The molecule has 16 heavy (non-hydrogen) atoms. The fourth-order valence-corrected chi connectivity index (χ4v) is 2.53. The second-order valence-electron chi connectivity index (χ2n) is 4.16. The zero-order chi connectivity index (χ0) is 12.0. The second-order valence-corrected chi connectivity index (χ2v) is 5.19. The van der Waals surface area contributed by atoms with Crippen molar-refractivity contribution in [2.24, 2.45) is 11.7 Å². The zero-order valence-corrected chi connectivity index (χ0v) is 10.8. The summed E-state index contributed by atoms with van der Waals surface area (Å²) in [6.45, 7) is 4.81. The van der Waals surface area contributed by atoms with Crippen molar-refractivity contribution in [2.75, 3.05) is 5.75 Å². The van der Waals surface area contributed by atoms with Crippen LogP contribution in [0.2, 0.25) is 0 Å². The first kappa shape index (κ1) is 13.5. The van der Waals surface area contributed by atoms with Crippen molar-refractivity contribution in [1.82, 2.24) is 0 Å². The first-order chi connectivity index (χ1) is 7.67. The molecule has 0 aliphatic rings. The molecular weight excluding hydrogens is 221 g/mol. The summed E-state index contributed by atoms with van der Waals surface area (Å²) in [4.78, 5) is 0. The lowest BCUT2D eigenvalue weighted by Crippen LogP contribution is -2.00. The maximum atomic E-state index is 13.6. The number of hydrogen-bond donors (Lipinski definition) is 1. The molecule has 0 aliphatic carbocycles. The molecule has 2 N–H and O–H groups in total. The van der Waals surface area contributed by atoms with Gasteiger partial charge in [-0.1, -0.05) is 32.4 Å². The van der Waals surface area contributed by atoms with Crippen molar-refractivity contribution >= 4 is 11.8 Å². The van der Waals surface area contributed by atoms with Crippen LogP contribution in [-0.2, 0) is 12.3 Å². The summed E-state index contributed by atoms with van der Waals surface area (Å²) in [5.41, 5.74) is 7.09. The van der Waals surface area contributed by atoms with Gasteiger partial charge in [-0.15, -0.1) is 0 Å². The van der Waals surface area contributed by atoms with Gasteiger partial charge in [0.05, 0.1) is 0 Å². The zero-order valence-electron chi connectivity index (χ0n) is 10.0. The lowest BCUT2D eigenvalue weighted by atomic mass is 10.1. The third-order valence-corrected chi connectivity index (χ3v) is 4.03. The SMILES string of the molecule is CCC(C)CSCc1ccc(CN)cc1F. The first-order valence-electron chi connectivity index (χ1n) is 5.72. The Labute approximate surface area is 102 Å². The van der Waals surface area contributed by atoms with E-state index in [1.54, 1.807) is 17.8 Å². The number of nitrogens with two attached hydrogens (primary N) is 1. The van der Waals surface area contributed by atoms with Crippen molar-refractivity contribution in [3.8, 4) is 0 Å². The van der Waals surface area contributed by atoms with Crippen LogP contribution in [0, 0.1) is 11.7 Å². The smallest absolute Gasteiger partial charge is 0.127 e. The fraction of sp³-hybridized carbons (Fsp3) is 0.538. The highest BCUT2D eigenvalue weighted by Gasteiger charge is 2.04. The molecule has 0 saturated heterocycles. The van der Waals surface area contributed by atoms with E-state index in [2.05, 4.69) is 13.8 Å². The van der Waals surface area contributed by atoms with Crippen molar-refractivity contribution in [2.45, 2.75) is 32.6 Å². The van der Waals surface area contributed by atoms with Gasteiger partial charge in [0, 0.05) is 12.3 Å². The Balaban J connectivity index is 2.48. The van der Waals surface area contributed by atoms with Crippen LogP contribution in [0.3, 0.4) is 0 Å². The first-order valence-corrected chi connectivity index (χ1v) is 6.88. The Kier molecular flexibility index (Phi) is 5.85. The normalized spacial score (nSPS) is 12.8. The molecule has 0 amide bonds. The Bertz CT molecular complexity index is 328. The molecule has 0 fully saturated rings. The molecule has 0 aliphatic heterocycles. The van der Waals surface area contributed by atoms with E-state index in [4.69, 9.17) is 5.73 Å². The van der Waals surface area contributed by atoms with E-state index in [-0.39, 0.29) is 5.82 Å². The summed E-state index contributed by atoms with van der Waals surface area (Å²) < 4.78 is 13.6. The summed E-state index contributed by atoms with van der Waals surface area (Å²) in [6.07, 6.45) is 1.18. The molecule has 1 atom stereocenters. The number of thioether (sulfide) groups is 1. The molecule has 0 aromatic heterocycles. The predicted molar refractivity (Wildman–Crippen MR) is 69.9 cm³/mol. The van der Waals surface area contributed by atoms with Crippen LogP contribution in [0.25, 0.3) is 0 Å². The molecule has 0 bridgehead atoms. The molecule has 3 heteroatoms. The van der Waals surface area contributed by atoms with Gasteiger partial charge in [-0.2, -0.15) is 11.8 Å². The minimum atomic E-state index is -0.125. The van der Waals surface area contributed by atoms with Gasteiger partial charge in [0.2, 0.25) is 0 Å². The van der Waals surface area contributed by atoms with E-state index >= 15 is 0 Å². The quantitative estimate of drug-likeness (QED) is 0.824. The molecule has 1 aromatic rings. The van der Waals surface area contributed by atoms with Gasteiger partial charge < -0.3 is 5.73 Å². The number of hydrogen-bond acceptors (Lipinski definition) is 2. The monoisotopic (exact) mass is 241 g/mol. The lowest BCUT2D eigenvalue weighted by Gasteiger charge is -2.08. The van der Waals surface area contributed by atoms with Crippen LogP contribution in [0.15, 0.2) is 18.2 Å². The summed E-state index contributed by atoms with van der Waals surface area (Å²) in [5, 5.41) is 0. The van der Waals surface area contributed by atoms with Crippen LogP contribution in [0.4, 0.5) is 4.39 Å². The molecule has 1 unspecified atom stereocenters. The molecular formula is C13H20FNS. The average Bonchev–Trinajstić information content (AvgIpc) is 2.30. The van der Waals surface area contributed by atoms with Crippen LogP contribution < -0.4 is 5.73 Å². The minimum Gasteiger partial charge on any atom is -0.326 e. The average molecular weight is 241 g/mol. The van der Waals surface area contributed by atoms with Gasteiger partial charge in [0.25, 0.3) is 0 Å². The lowest BCUT2D eigenvalue weighted by molar-refractivity contribution is 0.614. The standard InChI is InChI=1S/C13H20FNS/c1-3-10(2)8-16-9-12-5-4-11(7-15)6-13(12)14/h4-6,10H,3,7-9,15H2,1-2H3. The van der Waals surface area contributed by atoms with Gasteiger partial charge >= 0.3 is 0 Å². The summed E-state index contributed by atoms with van der Waals surface area (Å²) in [6, 6.07) is 5.29. The third kappa shape index (κ3) is 4.14. The molecule has 0 saturated carbocycles. The number of halogens is 1. The van der Waals surface area contributed by atoms with Crippen LogP contribution in [0.1, 0.15) is 31.4 Å². The summed E-state index contributed by atoms with van der Waals surface area (Å²) >= 11 is 1.80. The Morgan fingerprint density at radius 3 is 2.75 bits per heavy atom. The molecule has 0 spiro atoms. The van der Waals surface area contributed by atoms with E-state index in [9.17, 15) is 4.39 Å². The maximum Gasteiger partial charge on any atom is 0.127 e. The van der Waals surface area contributed by atoms with Gasteiger partial charge in [-0.3, -0.25) is 0 Å². The van der Waals surface area contributed by atoms with Crippen LogP contribution in [0.5, 0.6) is 0 Å². The highest BCUT2D eigenvalue weighted by molar-refractivity contribution is 7.98. The van der Waals surface area contributed by atoms with Gasteiger partial charge in [0.15, 0.2) is 0 Å². The van der Waals surface area contributed by atoms with Crippen molar-refractivity contribution < 1.29 is 4.39 Å². The Morgan fingerprint density at radius 2 is 2.19 bits per heavy atom. The Hall–Kier alpha value is -0.540.